The van der Waals surface area contributed by atoms with Crippen LogP contribution in [-0.4, -0.2) is 68.7 Å². The second kappa shape index (κ2) is 10.3. The third kappa shape index (κ3) is 4.86. The summed E-state index contributed by atoms with van der Waals surface area (Å²) in [5.41, 5.74) is 4.07. The molecule has 172 valence electrons. The number of benzene rings is 2. The molecule has 1 atom stereocenters. The lowest BCUT2D eigenvalue weighted by atomic mass is 9.74. The number of nitrogens with one attached hydrogen (secondary N) is 1. The second-order valence-corrected chi connectivity index (χ2v) is 9.45. The molecule has 1 amide bonds. The summed E-state index contributed by atoms with van der Waals surface area (Å²) in [4.78, 5) is 18.1. The molecule has 32 heavy (non-hydrogen) atoms. The van der Waals surface area contributed by atoms with Crippen LogP contribution in [0.1, 0.15) is 29.5 Å². The molecule has 0 aliphatic carbocycles. The molecule has 0 saturated carbocycles. The molecule has 5 nitrogen and oxygen atoms in total. The van der Waals surface area contributed by atoms with E-state index in [1.165, 1.54) is 11.1 Å². The van der Waals surface area contributed by atoms with Crippen molar-refractivity contribution in [3.8, 4) is 0 Å². The molecule has 1 saturated heterocycles. The monoisotopic (exact) mass is 455 g/mol. The van der Waals surface area contributed by atoms with Gasteiger partial charge in [-0.2, -0.15) is 0 Å². The van der Waals surface area contributed by atoms with Gasteiger partial charge in [0.25, 0.3) is 0 Å². The number of hydrogen-bond acceptors (Lipinski definition) is 4. The molecule has 1 fully saturated rings. The van der Waals surface area contributed by atoms with Crippen molar-refractivity contribution in [1.29, 1.82) is 0 Å². The van der Waals surface area contributed by atoms with Gasteiger partial charge in [-0.25, -0.2) is 0 Å². The normalized spacial score (nSPS) is 19.0. The van der Waals surface area contributed by atoms with Gasteiger partial charge in [-0.05, 0) is 61.6 Å². The van der Waals surface area contributed by atoms with Gasteiger partial charge in [0.2, 0.25) is 5.91 Å². The molecule has 2 aliphatic heterocycles. The molecule has 0 unspecified atom stereocenters. The van der Waals surface area contributed by atoms with Crippen LogP contribution in [0.5, 0.6) is 0 Å². The number of piperidine rings is 1. The third-order valence-electron chi connectivity index (χ3n) is 7.22. The topological polar surface area (TPSA) is 44.8 Å². The van der Waals surface area contributed by atoms with Crippen LogP contribution < -0.4 is 5.32 Å². The Labute approximate surface area is 196 Å². The van der Waals surface area contributed by atoms with Crippen molar-refractivity contribution in [1.82, 2.24) is 15.1 Å². The van der Waals surface area contributed by atoms with Gasteiger partial charge < -0.3 is 15.0 Å². The maximum Gasteiger partial charge on any atom is 0.240 e. The van der Waals surface area contributed by atoms with Crippen molar-refractivity contribution in [2.24, 2.45) is 0 Å². The summed E-state index contributed by atoms with van der Waals surface area (Å²) in [5, 5.41) is 4.13. The summed E-state index contributed by atoms with van der Waals surface area (Å²) >= 11 is 6.04. The molecular formula is C26H34ClN3O2. The highest BCUT2D eigenvalue weighted by Gasteiger charge is 2.44. The van der Waals surface area contributed by atoms with Crippen molar-refractivity contribution in [2.75, 3.05) is 46.9 Å². The van der Waals surface area contributed by atoms with Crippen molar-refractivity contribution in [2.45, 2.75) is 37.3 Å². The van der Waals surface area contributed by atoms with E-state index in [2.05, 4.69) is 46.4 Å². The highest BCUT2D eigenvalue weighted by molar-refractivity contribution is 6.30. The van der Waals surface area contributed by atoms with E-state index in [-0.39, 0.29) is 17.5 Å². The number of amides is 1. The minimum absolute atomic E-state index is 0.0424. The van der Waals surface area contributed by atoms with E-state index in [1.807, 2.05) is 24.3 Å². The van der Waals surface area contributed by atoms with Gasteiger partial charge in [0.05, 0.1) is 12.6 Å². The minimum atomic E-state index is -0.267. The van der Waals surface area contributed by atoms with Gasteiger partial charge in [0.1, 0.15) is 0 Å². The Morgan fingerprint density at radius 3 is 2.56 bits per heavy atom. The summed E-state index contributed by atoms with van der Waals surface area (Å²) in [6, 6.07) is 16.4. The standard InChI is InChI=1S/C26H34ClN3O2/c1-29-15-11-21-5-3-4-6-23(21)26(29)12-16-30(17-13-26)25(31)24(28-14-18-32-2)19-20-7-9-22(27)10-8-20/h3-10,24,28H,11-19H2,1-2H3/t24-/m1/s1. The summed E-state index contributed by atoms with van der Waals surface area (Å²) in [6.07, 6.45) is 3.68. The Balaban J connectivity index is 1.47. The summed E-state index contributed by atoms with van der Waals surface area (Å²) < 4.78 is 5.19. The molecule has 0 aromatic heterocycles. The van der Waals surface area contributed by atoms with E-state index >= 15 is 0 Å². The number of nitrogens with zero attached hydrogens (tertiary/aromatic N) is 2. The number of carbonyl (C=O) groups excluding carboxylic acids is 1. The average Bonchev–Trinajstić information content (AvgIpc) is 2.82. The highest BCUT2D eigenvalue weighted by atomic mass is 35.5. The van der Waals surface area contributed by atoms with Crippen molar-refractivity contribution in [3.63, 3.8) is 0 Å². The fourth-order valence-electron chi connectivity index (χ4n) is 5.31. The van der Waals surface area contributed by atoms with Crippen LogP contribution in [0.4, 0.5) is 0 Å². The predicted molar refractivity (Wildman–Crippen MR) is 129 cm³/mol. The number of fused-ring (bicyclic) bond motifs is 2. The number of hydrogen-bond donors (Lipinski definition) is 1. The zero-order valence-electron chi connectivity index (χ0n) is 19.1. The summed E-state index contributed by atoms with van der Waals surface area (Å²) in [5.74, 6) is 0.178. The Morgan fingerprint density at radius 2 is 1.84 bits per heavy atom. The number of methoxy groups -OCH3 is 1. The van der Waals surface area contributed by atoms with E-state index in [1.54, 1.807) is 7.11 Å². The van der Waals surface area contributed by atoms with Crippen LogP contribution >= 0.6 is 11.6 Å². The number of likely N-dealkylation sites (tertiary alicyclic amines) is 1. The van der Waals surface area contributed by atoms with Crippen LogP contribution in [0.2, 0.25) is 5.02 Å². The minimum Gasteiger partial charge on any atom is -0.383 e. The Bertz CT molecular complexity index is 910. The van der Waals surface area contributed by atoms with E-state index in [0.717, 1.165) is 44.5 Å². The zero-order chi connectivity index (χ0) is 22.6. The first-order chi connectivity index (χ1) is 15.5. The maximum atomic E-state index is 13.5. The molecule has 0 radical (unpaired) electrons. The molecule has 0 bridgehead atoms. The fraction of sp³-hybridized carbons (Fsp3) is 0.500. The summed E-state index contributed by atoms with van der Waals surface area (Å²) in [6.45, 7) is 3.85. The van der Waals surface area contributed by atoms with Crippen molar-refractivity contribution >= 4 is 17.5 Å². The van der Waals surface area contributed by atoms with Gasteiger partial charge in [0, 0.05) is 43.9 Å². The van der Waals surface area contributed by atoms with Crippen LogP contribution in [-0.2, 0) is 27.9 Å². The van der Waals surface area contributed by atoms with Crippen molar-refractivity contribution < 1.29 is 9.53 Å². The van der Waals surface area contributed by atoms with Crippen molar-refractivity contribution in [3.05, 3.63) is 70.2 Å². The van der Waals surface area contributed by atoms with Gasteiger partial charge in [0.15, 0.2) is 0 Å². The number of halogens is 1. The number of rotatable bonds is 7. The van der Waals surface area contributed by atoms with Crippen LogP contribution in [0.25, 0.3) is 0 Å². The first-order valence-corrected chi connectivity index (χ1v) is 12.0. The number of carbonyl (C=O) groups is 1. The van der Waals surface area contributed by atoms with Crippen LogP contribution in [0.3, 0.4) is 0 Å². The molecule has 6 heteroatoms. The smallest absolute Gasteiger partial charge is 0.240 e. The molecule has 1 spiro atoms. The lowest BCUT2D eigenvalue weighted by molar-refractivity contribution is -0.136. The third-order valence-corrected chi connectivity index (χ3v) is 7.47. The largest absolute Gasteiger partial charge is 0.383 e. The maximum absolute atomic E-state index is 13.5. The Hall–Kier alpha value is -1.92. The molecule has 2 aromatic rings. The van der Waals surface area contributed by atoms with E-state index in [9.17, 15) is 4.79 Å². The second-order valence-electron chi connectivity index (χ2n) is 9.02. The Morgan fingerprint density at radius 1 is 1.12 bits per heavy atom. The number of ether oxygens (including phenoxy) is 1. The fourth-order valence-corrected chi connectivity index (χ4v) is 5.43. The highest BCUT2D eigenvalue weighted by Crippen LogP contribution is 2.42. The summed E-state index contributed by atoms with van der Waals surface area (Å²) in [7, 11) is 3.92. The molecule has 4 rings (SSSR count). The van der Waals surface area contributed by atoms with Crippen LogP contribution in [0.15, 0.2) is 48.5 Å². The number of likely N-dealkylation sites (N-methyl/N-ethyl adjacent to an activating group) is 1. The van der Waals surface area contributed by atoms with E-state index in [4.69, 9.17) is 16.3 Å². The molecule has 1 N–H and O–H groups in total. The zero-order valence-corrected chi connectivity index (χ0v) is 19.9. The lowest BCUT2D eigenvalue weighted by Gasteiger charge is -2.51. The quantitative estimate of drug-likeness (QED) is 0.649. The Kier molecular flexibility index (Phi) is 7.51. The van der Waals surface area contributed by atoms with Gasteiger partial charge in [-0.1, -0.05) is 48.0 Å². The molecule has 2 aromatic carbocycles. The average molecular weight is 456 g/mol. The SMILES string of the molecule is COCCN[C@H](Cc1ccc(Cl)cc1)C(=O)N1CCC2(CC1)c1ccccc1CCN2C. The van der Waals surface area contributed by atoms with Gasteiger partial charge in [-0.15, -0.1) is 0 Å². The first kappa shape index (κ1) is 23.2. The van der Waals surface area contributed by atoms with Crippen LogP contribution in [0, 0.1) is 0 Å². The molecule has 2 heterocycles. The first-order valence-electron chi connectivity index (χ1n) is 11.6. The van der Waals surface area contributed by atoms with Gasteiger partial charge in [-0.3, -0.25) is 9.69 Å². The van der Waals surface area contributed by atoms with E-state index in [0.29, 0.717) is 24.6 Å². The lowest BCUT2D eigenvalue weighted by Crippen LogP contribution is -2.58. The molecular weight excluding hydrogens is 422 g/mol. The predicted octanol–water partition coefficient (Wildman–Crippen LogP) is 3.49. The van der Waals surface area contributed by atoms with Gasteiger partial charge >= 0.3 is 0 Å². The van der Waals surface area contributed by atoms with E-state index < -0.39 is 0 Å². The molecule has 2 aliphatic rings.